The number of hydrogen-bond acceptors (Lipinski definition) is 6. The van der Waals surface area contributed by atoms with Crippen LogP contribution < -0.4 is 0 Å². The van der Waals surface area contributed by atoms with E-state index in [9.17, 15) is 14.4 Å². The summed E-state index contributed by atoms with van der Waals surface area (Å²) < 4.78 is 16.6. The number of hydrogen-bond donors (Lipinski definition) is 0. The molecule has 0 amide bonds. The second-order valence-corrected chi connectivity index (χ2v) is 16.0. The van der Waals surface area contributed by atoms with E-state index in [1.165, 1.54) is 148 Å². The highest BCUT2D eigenvalue weighted by molar-refractivity contribution is 5.71. The Balaban J connectivity index is 4.49. The lowest BCUT2D eigenvalue weighted by Gasteiger charge is -2.18. The summed E-state index contributed by atoms with van der Waals surface area (Å²) >= 11 is 0. The molecule has 0 N–H and O–H groups in total. The van der Waals surface area contributed by atoms with Crippen LogP contribution in [0.25, 0.3) is 0 Å². The van der Waals surface area contributed by atoms with Crippen molar-refractivity contribution in [2.24, 2.45) is 0 Å². The number of esters is 3. The number of carbonyl (C=O) groups excluding carboxylic acids is 3. The van der Waals surface area contributed by atoms with Crippen LogP contribution in [0.15, 0.2) is 48.6 Å². The molecule has 57 heavy (non-hydrogen) atoms. The van der Waals surface area contributed by atoms with Gasteiger partial charge in [0.1, 0.15) is 13.2 Å². The predicted molar refractivity (Wildman–Crippen MR) is 242 cm³/mol. The average molecular weight is 799 g/mol. The fourth-order valence-electron chi connectivity index (χ4n) is 6.67. The van der Waals surface area contributed by atoms with Crippen molar-refractivity contribution in [3.05, 3.63) is 48.6 Å². The first-order valence-corrected chi connectivity index (χ1v) is 24.1. The van der Waals surface area contributed by atoms with Gasteiger partial charge in [0.05, 0.1) is 0 Å². The molecule has 0 saturated heterocycles. The zero-order valence-electron chi connectivity index (χ0n) is 37.6. The summed E-state index contributed by atoms with van der Waals surface area (Å²) in [6, 6.07) is 0. The zero-order valence-corrected chi connectivity index (χ0v) is 37.6. The van der Waals surface area contributed by atoms with E-state index in [2.05, 4.69) is 57.2 Å². The Morgan fingerprint density at radius 3 is 1.12 bits per heavy atom. The van der Waals surface area contributed by atoms with Gasteiger partial charge in [0.25, 0.3) is 0 Å². The molecule has 0 saturated carbocycles. The first kappa shape index (κ1) is 54.4. The second-order valence-electron chi connectivity index (χ2n) is 16.0. The summed E-state index contributed by atoms with van der Waals surface area (Å²) in [5.74, 6) is -1.03. The summed E-state index contributed by atoms with van der Waals surface area (Å²) in [5, 5.41) is 0. The van der Waals surface area contributed by atoms with E-state index in [1.54, 1.807) is 0 Å². The molecule has 0 aromatic carbocycles. The predicted octanol–water partition coefficient (Wildman–Crippen LogP) is 15.5. The number of rotatable bonds is 43. The molecule has 0 aliphatic carbocycles. The number of allylic oxidation sites excluding steroid dienone is 8. The maximum absolute atomic E-state index is 12.7. The second kappa shape index (κ2) is 46.1. The van der Waals surface area contributed by atoms with Gasteiger partial charge in [0.2, 0.25) is 0 Å². The fourth-order valence-corrected chi connectivity index (χ4v) is 6.67. The van der Waals surface area contributed by atoms with E-state index in [0.29, 0.717) is 19.3 Å². The zero-order chi connectivity index (χ0) is 41.5. The Morgan fingerprint density at radius 1 is 0.351 bits per heavy atom. The maximum atomic E-state index is 12.7. The minimum Gasteiger partial charge on any atom is -0.462 e. The molecule has 0 spiro atoms. The van der Waals surface area contributed by atoms with Crippen LogP contribution >= 0.6 is 0 Å². The van der Waals surface area contributed by atoms with Gasteiger partial charge in [-0.05, 0) is 57.8 Å². The van der Waals surface area contributed by atoms with E-state index in [4.69, 9.17) is 14.2 Å². The molecule has 1 unspecified atom stereocenters. The van der Waals surface area contributed by atoms with Gasteiger partial charge < -0.3 is 14.2 Å². The lowest BCUT2D eigenvalue weighted by Crippen LogP contribution is -2.30. The van der Waals surface area contributed by atoms with E-state index in [1.807, 2.05) is 12.2 Å². The number of unbranched alkanes of at least 4 members (excludes halogenated alkanes) is 24. The lowest BCUT2D eigenvalue weighted by atomic mass is 10.1. The number of ether oxygens (including phenoxy) is 3. The minimum absolute atomic E-state index is 0.106. The quantitative estimate of drug-likeness (QED) is 0.0265. The SMILES string of the molecule is CCCCCCC/C=C\C/C=C\C/C=C\CCC(=O)OCC(COC(=O)CCCCCCCCCCCCC)OC(=O)CC/C=C\CCCCCCCCCCC. The Bertz CT molecular complexity index is 1010. The highest BCUT2D eigenvalue weighted by Crippen LogP contribution is 2.14. The average Bonchev–Trinajstić information content (AvgIpc) is 3.21. The Kier molecular flexibility index (Phi) is 43.9. The molecule has 0 heterocycles. The molecule has 330 valence electrons. The highest BCUT2D eigenvalue weighted by atomic mass is 16.6. The molecule has 0 aromatic rings. The van der Waals surface area contributed by atoms with Gasteiger partial charge in [-0.25, -0.2) is 0 Å². The van der Waals surface area contributed by atoms with Gasteiger partial charge in [0.15, 0.2) is 6.10 Å². The third-order valence-corrected chi connectivity index (χ3v) is 10.3. The van der Waals surface area contributed by atoms with E-state index in [-0.39, 0.29) is 44.0 Å². The Labute approximate surface area is 352 Å². The van der Waals surface area contributed by atoms with Crippen LogP contribution in [-0.4, -0.2) is 37.2 Å². The van der Waals surface area contributed by atoms with Crippen molar-refractivity contribution in [3.8, 4) is 0 Å². The third kappa shape index (κ3) is 44.3. The molecular weight excluding hydrogens is 709 g/mol. The molecule has 0 aliphatic rings. The van der Waals surface area contributed by atoms with E-state index >= 15 is 0 Å². The number of carbonyl (C=O) groups is 3. The van der Waals surface area contributed by atoms with Crippen LogP contribution in [0.1, 0.15) is 239 Å². The third-order valence-electron chi connectivity index (χ3n) is 10.3. The molecule has 6 nitrogen and oxygen atoms in total. The van der Waals surface area contributed by atoms with Crippen LogP contribution in [0, 0.1) is 0 Å². The van der Waals surface area contributed by atoms with Gasteiger partial charge in [-0.3, -0.25) is 14.4 Å². The summed E-state index contributed by atoms with van der Waals surface area (Å²) in [6.07, 6.45) is 54.0. The van der Waals surface area contributed by atoms with Crippen molar-refractivity contribution in [1.82, 2.24) is 0 Å². The van der Waals surface area contributed by atoms with Crippen LogP contribution in [-0.2, 0) is 28.6 Å². The topological polar surface area (TPSA) is 78.9 Å². The van der Waals surface area contributed by atoms with Crippen molar-refractivity contribution < 1.29 is 28.6 Å². The molecular formula is C51H90O6. The van der Waals surface area contributed by atoms with Crippen LogP contribution in [0.2, 0.25) is 0 Å². The van der Waals surface area contributed by atoms with Crippen molar-refractivity contribution >= 4 is 17.9 Å². The van der Waals surface area contributed by atoms with Crippen molar-refractivity contribution in [3.63, 3.8) is 0 Å². The van der Waals surface area contributed by atoms with Crippen molar-refractivity contribution in [2.75, 3.05) is 13.2 Å². The Morgan fingerprint density at radius 2 is 0.667 bits per heavy atom. The largest absolute Gasteiger partial charge is 0.462 e. The smallest absolute Gasteiger partial charge is 0.306 e. The van der Waals surface area contributed by atoms with Crippen LogP contribution in [0.5, 0.6) is 0 Å². The molecule has 1 atom stereocenters. The fraction of sp³-hybridized carbons (Fsp3) is 0.784. The van der Waals surface area contributed by atoms with Gasteiger partial charge in [-0.2, -0.15) is 0 Å². The van der Waals surface area contributed by atoms with Gasteiger partial charge in [-0.15, -0.1) is 0 Å². The standard InChI is InChI=1S/C51H90O6/c1-4-7-10-13-16-19-22-24-25-27-29-32-35-38-41-44-50(53)56-47-48(46-55-49(52)43-40-37-34-31-28-21-18-15-12-9-6-3)57-51(54)45-42-39-36-33-30-26-23-20-17-14-11-8-5-2/h22,24,27,29,35-36,38-39,48H,4-21,23,25-26,28,30-34,37,40-47H2,1-3H3/b24-22-,29-27-,38-35-,39-36-. The van der Waals surface area contributed by atoms with Gasteiger partial charge >= 0.3 is 17.9 Å². The first-order chi connectivity index (χ1) is 28.0. The summed E-state index contributed by atoms with van der Waals surface area (Å²) in [4.78, 5) is 37.7. The normalized spacial score (nSPS) is 12.4. The summed E-state index contributed by atoms with van der Waals surface area (Å²) in [5.41, 5.74) is 0. The summed E-state index contributed by atoms with van der Waals surface area (Å²) in [7, 11) is 0. The monoisotopic (exact) mass is 799 g/mol. The first-order valence-electron chi connectivity index (χ1n) is 24.1. The minimum atomic E-state index is -0.815. The van der Waals surface area contributed by atoms with Crippen molar-refractivity contribution in [2.45, 2.75) is 245 Å². The van der Waals surface area contributed by atoms with E-state index < -0.39 is 6.10 Å². The molecule has 0 fully saturated rings. The molecule has 0 aliphatic heterocycles. The van der Waals surface area contributed by atoms with Gasteiger partial charge in [0, 0.05) is 19.3 Å². The van der Waals surface area contributed by atoms with Crippen LogP contribution in [0.3, 0.4) is 0 Å². The Hall–Kier alpha value is -2.63. The maximum Gasteiger partial charge on any atom is 0.306 e. The molecule has 6 heteroatoms. The lowest BCUT2D eigenvalue weighted by molar-refractivity contribution is -0.166. The highest BCUT2D eigenvalue weighted by Gasteiger charge is 2.19. The molecule has 0 bridgehead atoms. The van der Waals surface area contributed by atoms with Gasteiger partial charge in [-0.1, -0.05) is 211 Å². The molecule has 0 aromatic heterocycles. The molecule has 0 rings (SSSR count). The molecule has 0 radical (unpaired) electrons. The van der Waals surface area contributed by atoms with E-state index in [0.717, 1.165) is 38.5 Å². The summed E-state index contributed by atoms with van der Waals surface area (Å²) in [6.45, 7) is 6.52. The van der Waals surface area contributed by atoms with Crippen LogP contribution in [0.4, 0.5) is 0 Å². The van der Waals surface area contributed by atoms with Crippen molar-refractivity contribution in [1.29, 1.82) is 0 Å².